The average molecular weight is 299 g/mol. The zero-order valence-corrected chi connectivity index (χ0v) is 13.3. The Hall–Kier alpha value is -1.81. The molecule has 0 spiro atoms. The smallest absolute Gasteiger partial charge is 0.128 e. The fourth-order valence-electron chi connectivity index (χ4n) is 2.92. The Morgan fingerprint density at radius 1 is 1.05 bits per heavy atom. The van der Waals surface area contributed by atoms with Gasteiger partial charge in [-0.3, -0.25) is 0 Å². The van der Waals surface area contributed by atoms with Crippen molar-refractivity contribution in [3.05, 3.63) is 47.5 Å². The molecule has 0 unspecified atom stereocenters. The third-order valence-corrected chi connectivity index (χ3v) is 4.16. The van der Waals surface area contributed by atoms with Crippen LogP contribution in [-0.4, -0.2) is 18.1 Å². The molecular formula is C18H25N3O. The minimum absolute atomic E-state index is 0.752. The highest BCUT2D eigenvalue weighted by atomic mass is 16.3. The first-order valence-electron chi connectivity index (χ1n) is 8.27. The fraction of sp³-hybridized carbons (Fsp3) is 0.500. The zero-order valence-electron chi connectivity index (χ0n) is 13.3. The highest BCUT2D eigenvalue weighted by molar-refractivity contribution is 5.39. The summed E-state index contributed by atoms with van der Waals surface area (Å²) >= 11 is 0. The van der Waals surface area contributed by atoms with E-state index in [4.69, 9.17) is 4.42 Å². The lowest BCUT2D eigenvalue weighted by Crippen LogP contribution is -2.24. The van der Waals surface area contributed by atoms with E-state index in [1.807, 2.05) is 25.3 Å². The summed E-state index contributed by atoms with van der Waals surface area (Å²) in [6.07, 6.45) is 7.26. The van der Waals surface area contributed by atoms with Gasteiger partial charge in [-0.05, 0) is 43.5 Å². The third kappa shape index (κ3) is 4.10. The summed E-state index contributed by atoms with van der Waals surface area (Å²) in [6.45, 7) is 5.81. The number of hydrogen-bond donors (Lipinski definition) is 1. The van der Waals surface area contributed by atoms with Gasteiger partial charge in [0, 0.05) is 25.8 Å². The lowest BCUT2D eigenvalue weighted by molar-refractivity contribution is 0.461. The van der Waals surface area contributed by atoms with Gasteiger partial charge < -0.3 is 14.6 Å². The molecule has 118 valence electrons. The van der Waals surface area contributed by atoms with E-state index in [1.165, 1.54) is 31.2 Å². The van der Waals surface area contributed by atoms with Gasteiger partial charge in [-0.2, -0.15) is 0 Å². The standard InChI is InChI=1S/C18H25N3O/c1-15-6-8-17(22-15)14-19-12-16-7-9-18(20-13-16)21-10-4-2-3-5-11-21/h6-9,13,19H,2-5,10-12,14H2,1H3. The van der Waals surface area contributed by atoms with E-state index in [1.54, 1.807) is 0 Å². The van der Waals surface area contributed by atoms with Crippen LogP contribution in [0.15, 0.2) is 34.9 Å². The van der Waals surface area contributed by atoms with Crippen molar-refractivity contribution in [2.45, 2.75) is 45.7 Å². The predicted molar refractivity (Wildman–Crippen MR) is 88.9 cm³/mol. The summed E-state index contributed by atoms with van der Waals surface area (Å²) in [4.78, 5) is 7.05. The fourth-order valence-corrected chi connectivity index (χ4v) is 2.92. The van der Waals surface area contributed by atoms with Crippen LogP contribution in [0.1, 0.15) is 42.8 Å². The van der Waals surface area contributed by atoms with E-state index < -0.39 is 0 Å². The number of aromatic nitrogens is 1. The van der Waals surface area contributed by atoms with Crippen LogP contribution in [0.4, 0.5) is 5.82 Å². The summed E-state index contributed by atoms with van der Waals surface area (Å²) in [5, 5.41) is 3.39. The second kappa shape index (κ2) is 7.45. The largest absolute Gasteiger partial charge is 0.465 e. The van der Waals surface area contributed by atoms with Crippen LogP contribution in [0.3, 0.4) is 0 Å². The highest BCUT2D eigenvalue weighted by Crippen LogP contribution is 2.17. The Morgan fingerprint density at radius 2 is 1.86 bits per heavy atom. The summed E-state index contributed by atoms with van der Waals surface area (Å²) in [7, 11) is 0. The van der Waals surface area contributed by atoms with Gasteiger partial charge in [-0.1, -0.05) is 18.9 Å². The lowest BCUT2D eigenvalue weighted by atomic mass is 10.2. The molecular weight excluding hydrogens is 274 g/mol. The summed E-state index contributed by atoms with van der Waals surface area (Å²) in [6, 6.07) is 8.34. The molecule has 1 N–H and O–H groups in total. The quantitative estimate of drug-likeness (QED) is 0.915. The minimum atomic E-state index is 0.752. The second-order valence-corrected chi connectivity index (χ2v) is 6.04. The van der Waals surface area contributed by atoms with E-state index in [0.717, 1.165) is 43.5 Å². The van der Waals surface area contributed by atoms with Gasteiger partial charge in [0.15, 0.2) is 0 Å². The van der Waals surface area contributed by atoms with Gasteiger partial charge in [0.2, 0.25) is 0 Å². The van der Waals surface area contributed by atoms with Crippen LogP contribution in [0, 0.1) is 6.92 Å². The average Bonchev–Trinajstić information content (AvgIpc) is 2.78. The molecule has 0 aromatic carbocycles. The molecule has 1 aliphatic heterocycles. The molecule has 0 radical (unpaired) electrons. The van der Waals surface area contributed by atoms with Gasteiger partial charge in [0.25, 0.3) is 0 Å². The molecule has 3 rings (SSSR count). The summed E-state index contributed by atoms with van der Waals surface area (Å²) in [5.41, 5.74) is 1.21. The van der Waals surface area contributed by atoms with E-state index in [0.29, 0.717) is 0 Å². The molecule has 0 bridgehead atoms. The number of hydrogen-bond acceptors (Lipinski definition) is 4. The maximum absolute atomic E-state index is 5.55. The molecule has 0 saturated carbocycles. The number of rotatable bonds is 5. The van der Waals surface area contributed by atoms with Crippen molar-refractivity contribution in [3.63, 3.8) is 0 Å². The van der Waals surface area contributed by atoms with Crippen molar-refractivity contribution >= 4 is 5.82 Å². The zero-order chi connectivity index (χ0) is 15.2. The molecule has 4 nitrogen and oxygen atoms in total. The summed E-state index contributed by atoms with van der Waals surface area (Å²) in [5.74, 6) is 3.05. The van der Waals surface area contributed by atoms with E-state index >= 15 is 0 Å². The van der Waals surface area contributed by atoms with Crippen LogP contribution >= 0.6 is 0 Å². The van der Waals surface area contributed by atoms with Crippen molar-refractivity contribution < 1.29 is 4.42 Å². The van der Waals surface area contributed by atoms with Crippen LogP contribution in [-0.2, 0) is 13.1 Å². The first-order valence-corrected chi connectivity index (χ1v) is 8.27. The second-order valence-electron chi connectivity index (χ2n) is 6.04. The highest BCUT2D eigenvalue weighted by Gasteiger charge is 2.10. The number of furan rings is 1. The van der Waals surface area contributed by atoms with Crippen LogP contribution in [0.25, 0.3) is 0 Å². The van der Waals surface area contributed by atoms with Gasteiger partial charge >= 0.3 is 0 Å². The number of aryl methyl sites for hydroxylation is 1. The SMILES string of the molecule is Cc1ccc(CNCc2ccc(N3CCCCCC3)nc2)o1. The Labute approximate surface area is 132 Å². The number of anilines is 1. The molecule has 22 heavy (non-hydrogen) atoms. The number of nitrogens with zero attached hydrogens (tertiary/aromatic N) is 2. The van der Waals surface area contributed by atoms with Gasteiger partial charge in [0.05, 0.1) is 6.54 Å². The molecule has 1 saturated heterocycles. The maximum atomic E-state index is 5.55. The predicted octanol–water partition coefficient (Wildman–Crippen LogP) is 3.65. The van der Waals surface area contributed by atoms with E-state index in [2.05, 4.69) is 27.3 Å². The third-order valence-electron chi connectivity index (χ3n) is 4.16. The number of pyridine rings is 1. The monoisotopic (exact) mass is 299 g/mol. The number of nitrogens with one attached hydrogen (secondary N) is 1. The molecule has 0 aliphatic carbocycles. The van der Waals surface area contributed by atoms with Crippen LogP contribution < -0.4 is 10.2 Å². The Balaban J connectivity index is 1.50. The molecule has 4 heteroatoms. The maximum Gasteiger partial charge on any atom is 0.128 e. The minimum Gasteiger partial charge on any atom is -0.465 e. The molecule has 2 aromatic rings. The topological polar surface area (TPSA) is 41.3 Å². The normalized spacial score (nSPS) is 15.8. The molecule has 1 aliphatic rings. The van der Waals surface area contributed by atoms with Crippen LogP contribution in [0.2, 0.25) is 0 Å². The van der Waals surface area contributed by atoms with E-state index in [9.17, 15) is 0 Å². The van der Waals surface area contributed by atoms with Crippen molar-refractivity contribution in [1.29, 1.82) is 0 Å². The molecule has 1 fully saturated rings. The van der Waals surface area contributed by atoms with E-state index in [-0.39, 0.29) is 0 Å². The van der Waals surface area contributed by atoms with Crippen molar-refractivity contribution in [2.24, 2.45) is 0 Å². The Kier molecular flexibility index (Phi) is 5.11. The van der Waals surface area contributed by atoms with Crippen molar-refractivity contribution in [2.75, 3.05) is 18.0 Å². The molecule has 0 amide bonds. The lowest BCUT2D eigenvalue weighted by Gasteiger charge is -2.21. The van der Waals surface area contributed by atoms with Gasteiger partial charge in [-0.15, -0.1) is 0 Å². The Bertz CT molecular complexity index is 568. The molecule has 3 heterocycles. The first-order chi connectivity index (χ1) is 10.8. The first kappa shape index (κ1) is 15.1. The summed E-state index contributed by atoms with van der Waals surface area (Å²) < 4.78 is 5.55. The van der Waals surface area contributed by atoms with Gasteiger partial charge in [-0.25, -0.2) is 4.98 Å². The van der Waals surface area contributed by atoms with Crippen LogP contribution in [0.5, 0.6) is 0 Å². The molecule has 2 aromatic heterocycles. The molecule has 0 atom stereocenters. The van der Waals surface area contributed by atoms with Crippen molar-refractivity contribution in [1.82, 2.24) is 10.3 Å². The Morgan fingerprint density at radius 3 is 2.50 bits per heavy atom. The van der Waals surface area contributed by atoms with Crippen molar-refractivity contribution in [3.8, 4) is 0 Å². The van der Waals surface area contributed by atoms with Gasteiger partial charge in [0.1, 0.15) is 17.3 Å².